The van der Waals surface area contributed by atoms with E-state index in [-0.39, 0.29) is 12.3 Å². The first kappa shape index (κ1) is 22.4. The molecular weight excluding hydrogens is 438 g/mol. The number of hydrazone groups is 1. The van der Waals surface area contributed by atoms with Gasteiger partial charge in [-0.15, -0.1) is 0 Å². The fourth-order valence-electron chi connectivity index (χ4n) is 2.43. The van der Waals surface area contributed by atoms with E-state index in [1.807, 2.05) is 0 Å². The topological polar surface area (TPSA) is 120 Å². The van der Waals surface area contributed by atoms with Gasteiger partial charge in [-0.1, -0.05) is 17.7 Å². The molecule has 9 nitrogen and oxygen atoms in total. The van der Waals surface area contributed by atoms with Crippen molar-refractivity contribution in [2.24, 2.45) is 5.10 Å². The van der Waals surface area contributed by atoms with Gasteiger partial charge in [-0.3, -0.25) is 14.9 Å². The van der Waals surface area contributed by atoms with Gasteiger partial charge < -0.3 is 9.47 Å². The standard InChI is InChI=1S/C22H16ClN3O6/c23-17-3-1-2-16(12-17)22(28)32-20-8-4-15(5-9-20)13-24-25-21(27)14-31-19-10-6-18(7-11-19)26(29)30/h1-13H,14H2,(H,25,27). The molecule has 0 radical (unpaired) electrons. The van der Waals surface area contributed by atoms with Crippen LogP contribution in [0.25, 0.3) is 0 Å². The fourth-order valence-corrected chi connectivity index (χ4v) is 2.62. The number of nitro benzene ring substituents is 1. The lowest BCUT2D eigenvalue weighted by Crippen LogP contribution is -2.24. The highest BCUT2D eigenvalue weighted by atomic mass is 35.5. The summed E-state index contributed by atoms with van der Waals surface area (Å²) >= 11 is 5.87. The van der Waals surface area contributed by atoms with E-state index < -0.39 is 16.8 Å². The SMILES string of the molecule is O=C(COc1ccc([N+](=O)[O-])cc1)NN=Cc1ccc(OC(=O)c2cccc(Cl)c2)cc1. The highest BCUT2D eigenvalue weighted by molar-refractivity contribution is 6.30. The Balaban J connectivity index is 1.45. The molecule has 0 aliphatic heterocycles. The van der Waals surface area contributed by atoms with E-state index in [4.69, 9.17) is 21.1 Å². The van der Waals surface area contributed by atoms with Crippen molar-refractivity contribution in [3.05, 3.63) is 99.1 Å². The molecule has 0 aliphatic rings. The number of amides is 1. The number of rotatable bonds is 8. The van der Waals surface area contributed by atoms with Gasteiger partial charge in [-0.05, 0) is 60.2 Å². The van der Waals surface area contributed by atoms with Crippen molar-refractivity contribution in [1.82, 2.24) is 5.43 Å². The molecule has 0 heterocycles. The van der Waals surface area contributed by atoms with Crippen molar-refractivity contribution in [2.75, 3.05) is 6.61 Å². The molecule has 0 aromatic heterocycles. The molecule has 0 saturated carbocycles. The zero-order valence-corrected chi connectivity index (χ0v) is 17.2. The first-order valence-corrected chi connectivity index (χ1v) is 9.55. The molecule has 10 heteroatoms. The summed E-state index contributed by atoms with van der Waals surface area (Å²) in [7, 11) is 0. The molecule has 162 valence electrons. The number of hydrogen-bond donors (Lipinski definition) is 1. The van der Waals surface area contributed by atoms with E-state index in [9.17, 15) is 19.7 Å². The van der Waals surface area contributed by atoms with Gasteiger partial charge in [0.2, 0.25) is 0 Å². The zero-order chi connectivity index (χ0) is 22.9. The lowest BCUT2D eigenvalue weighted by molar-refractivity contribution is -0.384. The summed E-state index contributed by atoms with van der Waals surface area (Å²) in [6.45, 7) is -0.312. The molecule has 1 N–H and O–H groups in total. The Kier molecular flexibility index (Phi) is 7.50. The van der Waals surface area contributed by atoms with Gasteiger partial charge in [0.25, 0.3) is 11.6 Å². The number of benzene rings is 3. The predicted molar refractivity (Wildman–Crippen MR) is 117 cm³/mol. The summed E-state index contributed by atoms with van der Waals surface area (Å²) in [5.74, 6) is -0.383. The largest absolute Gasteiger partial charge is 0.484 e. The number of hydrogen-bond acceptors (Lipinski definition) is 7. The summed E-state index contributed by atoms with van der Waals surface area (Å²) in [5, 5.41) is 14.9. The molecule has 32 heavy (non-hydrogen) atoms. The quantitative estimate of drug-likeness (QED) is 0.181. The Labute approximate surface area is 187 Å². The van der Waals surface area contributed by atoms with Crippen LogP contribution in [0.3, 0.4) is 0 Å². The Morgan fingerprint density at radius 2 is 1.72 bits per heavy atom. The molecule has 0 fully saturated rings. The van der Waals surface area contributed by atoms with Crippen molar-refractivity contribution in [1.29, 1.82) is 0 Å². The summed E-state index contributed by atoms with van der Waals surface area (Å²) in [4.78, 5) is 34.0. The van der Waals surface area contributed by atoms with Crippen LogP contribution in [0.15, 0.2) is 77.9 Å². The minimum absolute atomic E-state index is 0.0725. The number of non-ortho nitro benzene ring substituents is 1. The first-order chi connectivity index (χ1) is 15.4. The van der Waals surface area contributed by atoms with E-state index in [0.717, 1.165) is 0 Å². The van der Waals surface area contributed by atoms with Crippen molar-refractivity contribution >= 4 is 35.4 Å². The van der Waals surface area contributed by atoms with E-state index in [1.165, 1.54) is 36.5 Å². The average molecular weight is 454 g/mol. The highest BCUT2D eigenvalue weighted by Crippen LogP contribution is 2.17. The summed E-state index contributed by atoms with van der Waals surface area (Å²) in [6, 6.07) is 18.3. The second kappa shape index (κ2) is 10.7. The second-order valence-corrected chi connectivity index (χ2v) is 6.74. The van der Waals surface area contributed by atoms with Crippen LogP contribution in [0.1, 0.15) is 15.9 Å². The van der Waals surface area contributed by atoms with Crippen LogP contribution < -0.4 is 14.9 Å². The van der Waals surface area contributed by atoms with Gasteiger partial charge in [-0.2, -0.15) is 5.10 Å². The van der Waals surface area contributed by atoms with E-state index in [2.05, 4.69) is 10.5 Å². The Hall–Kier alpha value is -4.24. The van der Waals surface area contributed by atoms with E-state index in [0.29, 0.717) is 27.6 Å². The number of ether oxygens (including phenoxy) is 2. The maximum Gasteiger partial charge on any atom is 0.343 e. The highest BCUT2D eigenvalue weighted by Gasteiger charge is 2.09. The van der Waals surface area contributed by atoms with Gasteiger partial charge in [0, 0.05) is 17.2 Å². The minimum Gasteiger partial charge on any atom is -0.484 e. The van der Waals surface area contributed by atoms with Gasteiger partial charge in [-0.25, -0.2) is 10.2 Å². The number of nitrogens with one attached hydrogen (secondary N) is 1. The lowest BCUT2D eigenvalue weighted by Gasteiger charge is -2.05. The third kappa shape index (κ3) is 6.64. The fraction of sp³-hybridized carbons (Fsp3) is 0.0455. The monoisotopic (exact) mass is 453 g/mol. The van der Waals surface area contributed by atoms with Crippen LogP contribution >= 0.6 is 11.6 Å². The van der Waals surface area contributed by atoms with Crippen LogP contribution in [-0.2, 0) is 4.79 Å². The van der Waals surface area contributed by atoms with E-state index >= 15 is 0 Å². The van der Waals surface area contributed by atoms with E-state index in [1.54, 1.807) is 42.5 Å². The second-order valence-electron chi connectivity index (χ2n) is 6.30. The molecule has 3 rings (SSSR count). The predicted octanol–water partition coefficient (Wildman–Crippen LogP) is 4.00. The third-order valence-corrected chi connectivity index (χ3v) is 4.21. The first-order valence-electron chi connectivity index (χ1n) is 9.18. The molecule has 3 aromatic carbocycles. The van der Waals surface area contributed by atoms with Gasteiger partial charge in [0.1, 0.15) is 11.5 Å². The normalized spacial score (nSPS) is 10.5. The van der Waals surface area contributed by atoms with Crippen LogP contribution in [0.2, 0.25) is 5.02 Å². The molecular formula is C22H16ClN3O6. The lowest BCUT2D eigenvalue weighted by atomic mass is 10.2. The van der Waals surface area contributed by atoms with Gasteiger partial charge >= 0.3 is 5.97 Å². The molecule has 0 aliphatic carbocycles. The smallest absolute Gasteiger partial charge is 0.343 e. The Bertz CT molecular complexity index is 1150. The summed E-state index contributed by atoms with van der Waals surface area (Å²) in [6.07, 6.45) is 1.41. The maximum atomic E-state index is 12.1. The van der Waals surface area contributed by atoms with Crippen molar-refractivity contribution in [3.8, 4) is 11.5 Å². The molecule has 0 bridgehead atoms. The summed E-state index contributed by atoms with van der Waals surface area (Å²) in [5.41, 5.74) is 3.22. The number of carbonyl (C=O) groups is 2. The van der Waals surface area contributed by atoms with Crippen LogP contribution in [0.4, 0.5) is 5.69 Å². The molecule has 0 spiro atoms. The molecule has 0 atom stereocenters. The van der Waals surface area contributed by atoms with Crippen molar-refractivity contribution in [2.45, 2.75) is 0 Å². The molecule has 0 saturated heterocycles. The Morgan fingerprint density at radius 3 is 2.38 bits per heavy atom. The molecule has 1 amide bonds. The number of nitrogens with zero attached hydrogens (tertiary/aromatic N) is 2. The van der Waals surface area contributed by atoms with Gasteiger partial charge in [0.05, 0.1) is 16.7 Å². The van der Waals surface area contributed by atoms with Crippen molar-refractivity contribution < 1.29 is 24.0 Å². The van der Waals surface area contributed by atoms with Crippen LogP contribution in [0, 0.1) is 10.1 Å². The van der Waals surface area contributed by atoms with Crippen LogP contribution in [-0.4, -0.2) is 29.6 Å². The number of halogens is 1. The number of nitro groups is 1. The molecule has 3 aromatic rings. The third-order valence-electron chi connectivity index (χ3n) is 3.97. The number of esters is 1. The Morgan fingerprint density at radius 1 is 1.03 bits per heavy atom. The van der Waals surface area contributed by atoms with Crippen LogP contribution in [0.5, 0.6) is 11.5 Å². The molecule has 0 unspecified atom stereocenters. The number of carbonyl (C=O) groups excluding carboxylic acids is 2. The van der Waals surface area contributed by atoms with Gasteiger partial charge in [0.15, 0.2) is 6.61 Å². The summed E-state index contributed by atoms with van der Waals surface area (Å²) < 4.78 is 10.5. The minimum atomic E-state index is -0.533. The van der Waals surface area contributed by atoms with Crippen molar-refractivity contribution in [3.63, 3.8) is 0 Å². The maximum absolute atomic E-state index is 12.1. The zero-order valence-electron chi connectivity index (χ0n) is 16.4. The average Bonchev–Trinajstić information content (AvgIpc) is 2.79.